The summed E-state index contributed by atoms with van der Waals surface area (Å²) < 4.78 is 13.3. The van der Waals surface area contributed by atoms with Crippen LogP contribution in [0.4, 0.5) is 10.1 Å². The van der Waals surface area contributed by atoms with Gasteiger partial charge in [0.25, 0.3) is 0 Å². The quantitative estimate of drug-likeness (QED) is 0.748. The van der Waals surface area contributed by atoms with Crippen LogP contribution in [0.2, 0.25) is 0 Å². The highest BCUT2D eigenvalue weighted by atomic mass is 19.1. The second-order valence-electron chi connectivity index (χ2n) is 9.87. The van der Waals surface area contributed by atoms with Gasteiger partial charge in [0, 0.05) is 37.1 Å². The van der Waals surface area contributed by atoms with Crippen LogP contribution in [0, 0.1) is 5.82 Å². The number of pyridine rings is 1. The van der Waals surface area contributed by atoms with Crippen LogP contribution in [-0.4, -0.2) is 59.2 Å². The maximum Gasteiger partial charge on any atom is 0.241 e. The molecule has 1 saturated heterocycles. The van der Waals surface area contributed by atoms with Gasteiger partial charge in [-0.3, -0.25) is 14.7 Å². The lowest BCUT2D eigenvalue weighted by Gasteiger charge is -2.37. The van der Waals surface area contributed by atoms with E-state index in [-0.39, 0.29) is 23.7 Å². The number of hydrogen-bond acceptors (Lipinski definition) is 5. The Labute approximate surface area is 189 Å². The van der Waals surface area contributed by atoms with E-state index in [4.69, 9.17) is 4.98 Å². The Morgan fingerprint density at radius 1 is 1.28 bits per heavy atom. The van der Waals surface area contributed by atoms with Gasteiger partial charge in [0.1, 0.15) is 5.82 Å². The molecule has 2 aromatic rings. The van der Waals surface area contributed by atoms with Crippen LogP contribution in [0.15, 0.2) is 30.3 Å². The van der Waals surface area contributed by atoms with Crippen LogP contribution in [0.3, 0.4) is 0 Å². The fourth-order valence-electron chi connectivity index (χ4n) is 4.75. The molecule has 3 heterocycles. The van der Waals surface area contributed by atoms with Crippen LogP contribution in [0.1, 0.15) is 50.2 Å². The number of benzene rings is 1. The van der Waals surface area contributed by atoms with E-state index in [9.17, 15) is 14.3 Å². The fourth-order valence-corrected chi connectivity index (χ4v) is 4.75. The molecule has 0 spiro atoms. The number of nitrogens with zero attached hydrogens (tertiary/aromatic N) is 3. The van der Waals surface area contributed by atoms with Gasteiger partial charge in [0.2, 0.25) is 5.91 Å². The Bertz CT molecular complexity index is 992. The van der Waals surface area contributed by atoms with Gasteiger partial charge in [0.05, 0.1) is 30.2 Å². The average Bonchev–Trinajstić information content (AvgIpc) is 3.02. The summed E-state index contributed by atoms with van der Waals surface area (Å²) in [6.07, 6.45) is 0.519. The number of aliphatic hydroxyl groups excluding tert-OH is 1. The molecule has 7 heteroatoms. The highest BCUT2D eigenvalue weighted by Gasteiger charge is 2.41. The van der Waals surface area contributed by atoms with E-state index in [1.54, 1.807) is 12.1 Å². The molecule has 2 N–H and O–H groups in total. The molecule has 4 rings (SSSR count). The van der Waals surface area contributed by atoms with Gasteiger partial charge in [-0.15, -0.1) is 0 Å². The monoisotopic (exact) mass is 440 g/mol. The van der Waals surface area contributed by atoms with E-state index < -0.39 is 0 Å². The van der Waals surface area contributed by atoms with Crippen LogP contribution < -0.4 is 10.2 Å². The summed E-state index contributed by atoms with van der Waals surface area (Å²) in [7, 11) is 0. The Morgan fingerprint density at radius 3 is 2.69 bits per heavy atom. The molecule has 1 aromatic carbocycles. The lowest BCUT2D eigenvalue weighted by Crippen LogP contribution is -2.56. The Morgan fingerprint density at radius 2 is 2.00 bits per heavy atom. The van der Waals surface area contributed by atoms with Crippen molar-refractivity contribution < 1.29 is 14.3 Å². The Balaban J connectivity index is 1.63. The number of anilines is 1. The largest absolute Gasteiger partial charge is 0.390 e. The molecule has 2 aliphatic heterocycles. The third-order valence-electron chi connectivity index (χ3n) is 6.65. The topological polar surface area (TPSA) is 68.7 Å². The summed E-state index contributed by atoms with van der Waals surface area (Å²) in [4.78, 5) is 22.3. The van der Waals surface area contributed by atoms with Crippen molar-refractivity contribution in [3.8, 4) is 0 Å². The molecule has 6 nitrogen and oxygen atoms in total. The summed E-state index contributed by atoms with van der Waals surface area (Å²) in [5, 5.41) is 13.4. The SMILES string of the molecule is CC1CN(CC(=O)N2CC(C)(C)c3nc(CO)c(Cc4ccc(F)cc4)cc32)[C@@H](C)CN1. The van der Waals surface area contributed by atoms with Crippen molar-refractivity contribution in [2.45, 2.75) is 58.2 Å². The second-order valence-corrected chi connectivity index (χ2v) is 9.87. The van der Waals surface area contributed by atoms with Crippen molar-refractivity contribution in [1.82, 2.24) is 15.2 Å². The maximum absolute atomic E-state index is 13.4. The number of hydrogen-bond donors (Lipinski definition) is 2. The van der Waals surface area contributed by atoms with Crippen LogP contribution in [0.25, 0.3) is 0 Å². The van der Waals surface area contributed by atoms with Crippen molar-refractivity contribution in [3.05, 3.63) is 58.7 Å². The predicted molar refractivity (Wildman–Crippen MR) is 123 cm³/mol. The molecule has 1 amide bonds. The van der Waals surface area contributed by atoms with Gasteiger partial charge in [-0.1, -0.05) is 26.0 Å². The first-order valence-corrected chi connectivity index (χ1v) is 11.3. The van der Waals surface area contributed by atoms with E-state index in [0.717, 1.165) is 35.6 Å². The number of carbonyl (C=O) groups is 1. The van der Waals surface area contributed by atoms with E-state index in [1.165, 1.54) is 12.1 Å². The van der Waals surface area contributed by atoms with Crippen molar-refractivity contribution in [1.29, 1.82) is 0 Å². The fraction of sp³-hybridized carbons (Fsp3) is 0.520. The third-order valence-corrected chi connectivity index (χ3v) is 6.65. The molecule has 172 valence electrons. The highest BCUT2D eigenvalue weighted by molar-refractivity contribution is 5.97. The molecular weight excluding hydrogens is 407 g/mol. The van der Waals surface area contributed by atoms with Gasteiger partial charge >= 0.3 is 0 Å². The molecule has 2 atom stereocenters. The zero-order chi connectivity index (χ0) is 23.0. The highest BCUT2D eigenvalue weighted by Crippen LogP contribution is 2.40. The summed E-state index contributed by atoms with van der Waals surface area (Å²) >= 11 is 0. The van der Waals surface area contributed by atoms with Crippen molar-refractivity contribution in [3.63, 3.8) is 0 Å². The number of carbonyl (C=O) groups excluding carboxylic acids is 1. The molecule has 32 heavy (non-hydrogen) atoms. The van der Waals surface area contributed by atoms with Crippen molar-refractivity contribution in [2.75, 3.05) is 31.1 Å². The van der Waals surface area contributed by atoms with Gasteiger partial charge in [-0.2, -0.15) is 0 Å². The van der Waals surface area contributed by atoms with Crippen LogP contribution in [-0.2, 0) is 23.2 Å². The van der Waals surface area contributed by atoms with E-state index >= 15 is 0 Å². The zero-order valence-corrected chi connectivity index (χ0v) is 19.4. The molecule has 0 radical (unpaired) electrons. The first-order chi connectivity index (χ1) is 15.2. The van der Waals surface area contributed by atoms with E-state index in [1.807, 2.05) is 11.0 Å². The summed E-state index contributed by atoms with van der Waals surface area (Å²) in [5.41, 5.74) is 3.77. The average molecular weight is 441 g/mol. The minimum absolute atomic E-state index is 0.0732. The molecule has 0 aliphatic carbocycles. The smallest absolute Gasteiger partial charge is 0.241 e. The zero-order valence-electron chi connectivity index (χ0n) is 19.4. The molecular formula is C25H33FN4O2. The number of aliphatic hydroxyl groups is 1. The van der Waals surface area contributed by atoms with Gasteiger partial charge in [-0.25, -0.2) is 4.39 Å². The molecule has 1 unspecified atom stereocenters. The van der Waals surface area contributed by atoms with Crippen LogP contribution in [0.5, 0.6) is 0 Å². The minimum Gasteiger partial charge on any atom is -0.390 e. The van der Waals surface area contributed by atoms with Crippen molar-refractivity contribution in [2.24, 2.45) is 0 Å². The molecule has 2 aliphatic rings. The second kappa shape index (κ2) is 8.89. The number of fused-ring (bicyclic) bond motifs is 1. The summed E-state index contributed by atoms with van der Waals surface area (Å²) in [5.74, 6) is -0.206. The lowest BCUT2D eigenvalue weighted by atomic mass is 9.90. The number of halogens is 1. The molecule has 1 aromatic heterocycles. The normalized spacial score (nSPS) is 22.8. The number of piperazine rings is 1. The van der Waals surface area contributed by atoms with Gasteiger partial charge < -0.3 is 15.3 Å². The van der Waals surface area contributed by atoms with Gasteiger partial charge in [0.15, 0.2) is 0 Å². The first kappa shape index (κ1) is 22.8. The summed E-state index contributed by atoms with van der Waals surface area (Å²) in [6.45, 7) is 10.9. The molecule has 0 saturated carbocycles. The Hall–Kier alpha value is -2.35. The molecule has 1 fully saturated rings. The van der Waals surface area contributed by atoms with Gasteiger partial charge in [-0.05, 0) is 49.6 Å². The van der Waals surface area contributed by atoms with Crippen molar-refractivity contribution >= 4 is 11.6 Å². The number of aromatic nitrogens is 1. The summed E-state index contributed by atoms with van der Waals surface area (Å²) in [6, 6.07) is 9.00. The standard InChI is InChI=1S/C25H33FN4O2/c1-16-12-29(17(2)11-27-16)13-23(32)30-15-25(3,4)24-22(30)10-19(21(14-31)28-24)9-18-5-7-20(26)8-6-18/h5-8,10,16-17,27,31H,9,11-15H2,1-4H3/t16?,17-/m0/s1. The van der Waals surface area contributed by atoms with E-state index in [0.29, 0.717) is 37.3 Å². The maximum atomic E-state index is 13.4. The third kappa shape index (κ3) is 4.56. The van der Waals surface area contributed by atoms with E-state index in [2.05, 4.69) is 37.9 Å². The van der Waals surface area contributed by atoms with Crippen LogP contribution >= 0.6 is 0 Å². The first-order valence-electron chi connectivity index (χ1n) is 11.3. The Kier molecular flexibility index (Phi) is 6.34. The number of amides is 1. The number of nitrogens with one attached hydrogen (secondary N) is 1. The predicted octanol–water partition coefficient (Wildman–Crippen LogP) is 2.61. The number of rotatable bonds is 5. The minimum atomic E-state index is -0.300. The molecule has 0 bridgehead atoms. The lowest BCUT2D eigenvalue weighted by molar-refractivity contribution is -0.120.